The molecule has 0 unspecified atom stereocenters. The van der Waals surface area contributed by atoms with Crippen molar-refractivity contribution in [3.8, 4) is 0 Å². The van der Waals surface area contributed by atoms with E-state index in [0.29, 0.717) is 11.6 Å². The third-order valence-corrected chi connectivity index (χ3v) is 5.29. The maximum Gasteiger partial charge on any atom is 0.247 e. The minimum absolute atomic E-state index is 0.228. The number of hydrogen-bond donors (Lipinski definition) is 2. The van der Waals surface area contributed by atoms with E-state index in [1.165, 1.54) is 64.2 Å². The molecule has 29 heavy (non-hydrogen) atoms. The van der Waals surface area contributed by atoms with Crippen molar-refractivity contribution < 1.29 is 9.90 Å². The highest BCUT2D eigenvalue weighted by atomic mass is 35.5. The summed E-state index contributed by atoms with van der Waals surface area (Å²) in [5.74, 6) is -0.228. The number of rotatable bonds is 17. The van der Waals surface area contributed by atoms with Crippen molar-refractivity contribution in [1.29, 1.82) is 0 Å². The van der Waals surface area contributed by atoms with Crippen molar-refractivity contribution in [1.82, 2.24) is 5.32 Å². The van der Waals surface area contributed by atoms with Gasteiger partial charge in [-0.1, -0.05) is 101 Å². The molecule has 0 saturated carbocycles. The lowest BCUT2D eigenvalue weighted by Crippen LogP contribution is -2.36. The molecule has 1 aromatic rings. The second kappa shape index (κ2) is 17.5. The van der Waals surface area contributed by atoms with E-state index in [9.17, 15) is 9.90 Å². The predicted octanol–water partition coefficient (Wildman–Crippen LogP) is 5.94. The van der Waals surface area contributed by atoms with Crippen LogP contribution in [0.3, 0.4) is 0 Å². The van der Waals surface area contributed by atoms with Crippen LogP contribution in [0.5, 0.6) is 0 Å². The summed E-state index contributed by atoms with van der Waals surface area (Å²) in [4.78, 5) is 16.3. The first-order chi connectivity index (χ1) is 14.2. The van der Waals surface area contributed by atoms with Crippen molar-refractivity contribution in [2.45, 2.75) is 90.0 Å². The largest absolute Gasteiger partial charge is 0.394 e. The molecule has 2 N–H and O–H groups in total. The van der Waals surface area contributed by atoms with Crippen molar-refractivity contribution in [3.05, 3.63) is 34.9 Å². The summed E-state index contributed by atoms with van der Waals surface area (Å²) in [6, 6.07) is 6.46. The second-order valence-corrected chi connectivity index (χ2v) is 8.15. The van der Waals surface area contributed by atoms with E-state index >= 15 is 0 Å². The highest BCUT2D eigenvalue weighted by Crippen LogP contribution is 2.12. The molecule has 1 atom stereocenters. The minimum Gasteiger partial charge on any atom is -0.394 e. The standard InChI is InChI=1S/C24H39ClN2O2/c1-2-3-4-5-6-7-8-9-10-11-12-13-17-26-24(29)23(20-28)27-19-21-15-14-16-22(25)18-21/h14-16,18-19,23,28H,2-13,17,20H2,1H3,(H,26,29)/t23-/m0/s1. The van der Waals surface area contributed by atoms with E-state index in [-0.39, 0.29) is 12.5 Å². The number of hydrogen-bond acceptors (Lipinski definition) is 3. The molecule has 0 spiro atoms. The molecule has 1 rings (SSSR count). The fourth-order valence-corrected chi connectivity index (χ4v) is 3.45. The van der Waals surface area contributed by atoms with Gasteiger partial charge in [0, 0.05) is 17.8 Å². The summed E-state index contributed by atoms with van der Waals surface area (Å²) in [6.07, 6.45) is 17.1. The van der Waals surface area contributed by atoms with Crippen LogP contribution in [-0.4, -0.2) is 36.4 Å². The van der Waals surface area contributed by atoms with Gasteiger partial charge in [0.05, 0.1) is 6.61 Å². The molecule has 4 nitrogen and oxygen atoms in total. The monoisotopic (exact) mass is 422 g/mol. The molecular weight excluding hydrogens is 384 g/mol. The Morgan fingerprint density at radius 2 is 1.62 bits per heavy atom. The number of unbranched alkanes of at least 4 members (excludes halogenated alkanes) is 11. The maximum absolute atomic E-state index is 12.2. The number of halogens is 1. The molecule has 0 fully saturated rings. The van der Waals surface area contributed by atoms with Crippen LogP contribution in [-0.2, 0) is 4.79 Å². The summed E-state index contributed by atoms with van der Waals surface area (Å²) in [5, 5.41) is 12.9. The van der Waals surface area contributed by atoms with E-state index in [1.807, 2.05) is 12.1 Å². The molecule has 164 valence electrons. The van der Waals surface area contributed by atoms with E-state index < -0.39 is 6.04 Å². The maximum atomic E-state index is 12.2. The van der Waals surface area contributed by atoms with E-state index in [0.717, 1.165) is 18.4 Å². The smallest absolute Gasteiger partial charge is 0.247 e. The van der Waals surface area contributed by atoms with Gasteiger partial charge in [0.2, 0.25) is 5.91 Å². The summed E-state index contributed by atoms with van der Waals surface area (Å²) < 4.78 is 0. The van der Waals surface area contributed by atoms with Crippen molar-refractivity contribution in [2.24, 2.45) is 4.99 Å². The van der Waals surface area contributed by atoms with E-state index in [2.05, 4.69) is 17.2 Å². The average Bonchev–Trinajstić information content (AvgIpc) is 2.72. The van der Waals surface area contributed by atoms with Crippen molar-refractivity contribution >= 4 is 23.7 Å². The van der Waals surface area contributed by atoms with E-state index in [1.54, 1.807) is 18.3 Å². The number of nitrogens with zero attached hydrogens (tertiary/aromatic N) is 1. The molecule has 1 aromatic carbocycles. The Hall–Kier alpha value is -1.39. The van der Waals surface area contributed by atoms with Gasteiger partial charge in [-0.2, -0.15) is 0 Å². The first-order valence-corrected chi connectivity index (χ1v) is 11.7. The van der Waals surface area contributed by atoms with Gasteiger partial charge in [-0.15, -0.1) is 0 Å². The number of amides is 1. The van der Waals surface area contributed by atoms with Crippen LogP contribution in [0.2, 0.25) is 5.02 Å². The number of aliphatic hydroxyl groups is 1. The zero-order valence-corrected chi connectivity index (χ0v) is 18.8. The van der Waals surface area contributed by atoms with Gasteiger partial charge in [-0.05, 0) is 24.1 Å². The fourth-order valence-electron chi connectivity index (χ4n) is 3.26. The summed E-state index contributed by atoms with van der Waals surface area (Å²) >= 11 is 5.93. The number of aliphatic imine (C=N–C) groups is 1. The van der Waals surface area contributed by atoms with Gasteiger partial charge in [-0.25, -0.2) is 0 Å². The molecular formula is C24H39ClN2O2. The van der Waals surface area contributed by atoms with Crippen LogP contribution < -0.4 is 5.32 Å². The molecule has 0 aliphatic rings. The van der Waals surface area contributed by atoms with Gasteiger partial charge in [-0.3, -0.25) is 9.79 Å². The molecule has 0 heterocycles. The zero-order valence-electron chi connectivity index (χ0n) is 18.0. The molecule has 0 aliphatic heterocycles. The second-order valence-electron chi connectivity index (χ2n) is 7.71. The molecule has 5 heteroatoms. The number of carbonyl (C=O) groups excluding carboxylic acids is 1. The van der Waals surface area contributed by atoms with Crippen molar-refractivity contribution in [3.63, 3.8) is 0 Å². The van der Waals surface area contributed by atoms with Crippen LogP contribution in [0.1, 0.15) is 89.5 Å². The third-order valence-electron chi connectivity index (χ3n) is 5.06. The molecule has 0 aliphatic carbocycles. The highest BCUT2D eigenvalue weighted by molar-refractivity contribution is 6.30. The Morgan fingerprint density at radius 1 is 1.03 bits per heavy atom. The lowest BCUT2D eigenvalue weighted by atomic mass is 10.1. The van der Waals surface area contributed by atoms with Crippen LogP contribution in [0, 0.1) is 0 Å². The van der Waals surface area contributed by atoms with Crippen LogP contribution in [0.25, 0.3) is 0 Å². The lowest BCUT2D eigenvalue weighted by Gasteiger charge is -2.10. The predicted molar refractivity (Wildman–Crippen MR) is 124 cm³/mol. The molecule has 0 bridgehead atoms. The number of benzene rings is 1. The summed E-state index contributed by atoms with van der Waals surface area (Å²) in [7, 11) is 0. The van der Waals surface area contributed by atoms with Crippen LogP contribution in [0.15, 0.2) is 29.3 Å². The molecule has 0 radical (unpaired) electrons. The number of nitrogens with one attached hydrogen (secondary N) is 1. The quantitative estimate of drug-likeness (QED) is 0.241. The number of aliphatic hydroxyl groups excluding tert-OH is 1. The van der Waals surface area contributed by atoms with Gasteiger partial charge < -0.3 is 10.4 Å². The Kier molecular flexibility index (Phi) is 15.4. The first kappa shape index (κ1) is 25.6. The molecule has 1 amide bonds. The van der Waals surface area contributed by atoms with Gasteiger partial charge in [0.1, 0.15) is 0 Å². The Morgan fingerprint density at radius 3 is 2.17 bits per heavy atom. The SMILES string of the molecule is CCCCCCCCCCCCCCNC(=O)[C@H](CO)N=Cc1cccc(Cl)c1. The van der Waals surface area contributed by atoms with Gasteiger partial charge >= 0.3 is 0 Å². The highest BCUT2D eigenvalue weighted by Gasteiger charge is 2.14. The fraction of sp³-hybridized carbons (Fsp3) is 0.667. The summed E-state index contributed by atoms with van der Waals surface area (Å²) in [5.41, 5.74) is 0.810. The minimum atomic E-state index is -0.772. The van der Waals surface area contributed by atoms with Crippen LogP contribution in [0.4, 0.5) is 0 Å². The van der Waals surface area contributed by atoms with Gasteiger partial charge in [0.15, 0.2) is 6.04 Å². The third kappa shape index (κ3) is 13.5. The van der Waals surface area contributed by atoms with E-state index in [4.69, 9.17) is 11.6 Å². The lowest BCUT2D eigenvalue weighted by molar-refractivity contribution is -0.123. The zero-order chi connectivity index (χ0) is 21.2. The Bertz CT molecular complexity index is 578. The Balaban J connectivity index is 2.04. The topological polar surface area (TPSA) is 61.7 Å². The molecule has 0 saturated heterocycles. The normalized spacial score (nSPS) is 12.4. The number of carbonyl (C=O) groups is 1. The first-order valence-electron chi connectivity index (χ1n) is 11.3. The molecule has 0 aromatic heterocycles. The average molecular weight is 423 g/mol. The van der Waals surface area contributed by atoms with Crippen molar-refractivity contribution in [2.75, 3.05) is 13.2 Å². The van der Waals surface area contributed by atoms with Crippen LogP contribution >= 0.6 is 11.6 Å². The summed E-state index contributed by atoms with van der Waals surface area (Å²) in [6.45, 7) is 2.59. The van der Waals surface area contributed by atoms with Gasteiger partial charge in [0.25, 0.3) is 0 Å². The Labute approximate surface area is 182 Å².